The summed E-state index contributed by atoms with van der Waals surface area (Å²) in [4.78, 5) is 23.3. The molecule has 0 bridgehead atoms. The van der Waals surface area contributed by atoms with E-state index in [2.05, 4.69) is 15.8 Å². The second-order valence-corrected chi connectivity index (χ2v) is 4.95. The van der Waals surface area contributed by atoms with Gasteiger partial charge in [0, 0.05) is 16.3 Å². The van der Waals surface area contributed by atoms with E-state index in [4.69, 9.17) is 11.6 Å². The molecule has 0 aliphatic rings. The first-order chi connectivity index (χ1) is 10.6. The molecule has 0 heterocycles. The van der Waals surface area contributed by atoms with Crippen LogP contribution in [0.25, 0.3) is 0 Å². The van der Waals surface area contributed by atoms with Crippen LogP contribution in [0.3, 0.4) is 0 Å². The number of hydrazone groups is 1. The van der Waals surface area contributed by atoms with Crippen molar-refractivity contribution >= 4 is 35.3 Å². The van der Waals surface area contributed by atoms with Crippen LogP contribution in [0.15, 0.2) is 53.6 Å². The smallest absolute Gasteiger partial charge is 0.318 e. The summed E-state index contributed by atoms with van der Waals surface area (Å²) >= 11 is 5.94. The Kier molecular flexibility index (Phi) is 5.27. The second kappa shape index (κ2) is 7.38. The molecule has 2 N–H and O–H groups in total. The predicted octanol–water partition coefficient (Wildman–Crippen LogP) is 2.74. The van der Waals surface area contributed by atoms with Crippen molar-refractivity contribution in [3.05, 3.63) is 64.7 Å². The highest BCUT2D eigenvalue weighted by molar-refractivity contribution is 6.39. The zero-order valence-corrected chi connectivity index (χ0v) is 12.6. The Bertz CT molecular complexity index is 712. The fraction of sp³-hybridized carbons (Fsp3) is 0.0625. The number of nitrogens with zero attached hydrogens (tertiary/aromatic N) is 1. The molecule has 22 heavy (non-hydrogen) atoms. The quantitative estimate of drug-likeness (QED) is 0.519. The van der Waals surface area contributed by atoms with E-state index in [1.807, 2.05) is 19.1 Å². The largest absolute Gasteiger partial charge is 0.329 e. The van der Waals surface area contributed by atoms with Gasteiger partial charge in [-0.25, -0.2) is 5.43 Å². The minimum absolute atomic E-state index is 0.504. The zero-order chi connectivity index (χ0) is 15.9. The summed E-state index contributed by atoms with van der Waals surface area (Å²) in [6.07, 6.45) is 1.37. The molecule has 0 aliphatic carbocycles. The Labute approximate surface area is 133 Å². The number of benzene rings is 2. The maximum Gasteiger partial charge on any atom is 0.329 e. The van der Waals surface area contributed by atoms with Crippen LogP contribution in [0, 0.1) is 6.92 Å². The minimum atomic E-state index is -0.858. The lowest BCUT2D eigenvalue weighted by Gasteiger charge is -2.04. The van der Waals surface area contributed by atoms with Gasteiger partial charge in [0.1, 0.15) is 0 Å². The molecule has 0 saturated heterocycles. The van der Waals surface area contributed by atoms with Gasteiger partial charge in [0.15, 0.2) is 0 Å². The Morgan fingerprint density at radius 1 is 1.05 bits per heavy atom. The number of carbonyl (C=O) groups excluding carboxylic acids is 2. The van der Waals surface area contributed by atoms with Gasteiger partial charge in [0.25, 0.3) is 0 Å². The molecule has 0 aliphatic heterocycles. The SMILES string of the molecule is Cc1ccc(NC(=O)C(=O)NN=Cc2ccccc2Cl)cc1. The van der Waals surface area contributed by atoms with Gasteiger partial charge in [0.2, 0.25) is 0 Å². The molecule has 112 valence electrons. The molecule has 2 aromatic rings. The van der Waals surface area contributed by atoms with Crippen molar-refractivity contribution in [2.24, 2.45) is 5.10 Å². The van der Waals surface area contributed by atoms with E-state index in [-0.39, 0.29) is 0 Å². The summed E-state index contributed by atoms with van der Waals surface area (Å²) in [6.45, 7) is 1.93. The Balaban J connectivity index is 1.90. The number of amides is 2. The average Bonchev–Trinajstić information content (AvgIpc) is 2.51. The number of halogens is 1. The minimum Gasteiger partial charge on any atom is -0.318 e. The first-order valence-electron chi connectivity index (χ1n) is 6.52. The number of aryl methyl sites for hydroxylation is 1. The second-order valence-electron chi connectivity index (χ2n) is 4.54. The number of hydrogen-bond donors (Lipinski definition) is 2. The van der Waals surface area contributed by atoms with E-state index in [1.165, 1.54) is 6.21 Å². The lowest BCUT2D eigenvalue weighted by atomic mass is 10.2. The van der Waals surface area contributed by atoms with Gasteiger partial charge in [0.05, 0.1) is 6.21 Å². The fourth-order valence-electron chi connectivity index (χ4n) is 1.62. The van der Waals surface area contributed by atoms with Gasteiger partial charge < -0.3 is 5.32 Å². The van der Waals surface area contributed by atoms with Crippen LogP contribution in [0.4, 0.5) is 5.69 Å². The Hall–Kier alpha value is -2.66. The summed E-state index contributed by atoms with van der Waals surface area (Å²) in [6, 6.07) is 14.1. The van der Waals surface area contributed by atoms with E-state index in [0.717, 1.165) is 5.56 Å². The monoisotopic (exact) mass is 315 g/mol. The fourth-order valence-corrected chi connectivity index (χ4v) is 1.80. The zero-order valence-electron chi connectivity index (χ0n) is 11.8. The maximum absolute atomic E-state index is 11.7. The van der Waals surface area contributed by atoms with Crippen LogP contribution in [0.1, 0.15) is 11.1 Å². The van der Waals surface area contributed by atoms with Crippen molar-refractivity contribution in [2.45, 2.75) is 6.92 Å². The van der Waals surface area contributed by atoms with Crippen LogP contribution in [0.2, 0.25) is 5.02 Å². The van der Waals surface area contributed by atoms with Crippen molar-refractivity contribution in [2.75, 3.05) is 5.32 Å². The lowest BCUT2D eigenvalue weighted by molar-refractivity contribution is -0.136. The standard InChI is InChI=1S/C16H14ClN3O2/c1-11-6-8-13(9-7-11)19-15(21)16(22)20-18-10-12-4-2-3-5-14(12)17/h2-10H,1H3,(H,19,21)(H,20,22). The van der Waals surface area contributed by atoms with Crippen molar-refractivity contribution in [3.63, 3.8) is 0 Å². The van der Waals surface area contributed by atoms with Crippen molar-refractivity contribution in [1.29, 1.82) is 0 Å². The molecule has 2 amide bonds. The van der Waals surface area contributed by atoms with Crippen LogP contribution < -0.4 is 10.7 Å². The third-order valence-electron chi connectivity index (χ3n) is 2.79. The van der Waals surface area contributed by atoms with Gasteiger partial charge in [-0.3, -0.25) is 9.59 Å². The highest BCUT2D eigenvalue weighted by Gasteiger charge is 2.12. The Morgan fingerprint density at radius 3 is 2.41 bits per heavy atom. The van der Waals surface area contributed by atoms with E-state index in [1.54, 1.807) is 36.4 Å². The van der Waals surface area contributed by atoms with Gasteiger partial charge in [-0.05, 0) is 25.1 Å². The third-order valence-corrected chi connectivity index (χ3v) is 3.13. The molecule has 0 atom stereocenters. The van der Waals surface area contributed by atoms with Crippen LogP contribution in [0.5, 0.6) is 0 Å². The van der Waals surface area contributed by atoms with Crippen LogP contribution in [-0.2, 0) is 9.59 Å². The molecule has 0 unspecified atom stereocenters. The van der Waals surface area contributed by atoms with Gasteiger partial charge >= 0.3 is 11.8 Å². The molecule has 0 radical (unpaired) electrons. The number of anilines is 1. The molecular weight excluding hydrogens is 302 g/mol. The van der Waals surface area contributed by atoms with E-state index in [0.29, 0.717) is 16.3 Å². The topological polar surface area (TPSA) is 70.6 Å². The highest BCUT2D eigenvalue weighted by Crippen LogP contribution is 2.12. The van der Waals surface area contributed by atoms with Crippen molar-refractivity contribution in [1.82, 2.24) is 5.43 Å². The van der Waals surface area contributed by atoms with Gasteiger partial charge in [-0.15, -0.1) is 0 Å². The first-order valence-corrected chi connectivity index (χ1v) is 6.89. The van der Waals surface area contributed by atoms with E-state index in [9.17, 15) is 9.59 Å². The lowest BCUT2D eigenvalue weighted by Crippen LogP contribution is -2.32. The molecule has 6 heteroatoms. The summed E-state index contributed by atoms with van der Waals surface area (Å²) < 4.78 is 0. The Morgan fingerprint density at radius 2 is 1.73 bits per heavy atom. The van der Waals surface area contributed by atoms with Crippen molar-refractivity contribution in [3.8, 4) is 0 Å². The summed E-state index contributed by atoms with van der Waals surface area (Å²) in [5.41, 5.74) is 4.40. The maximum atomic E-state index is 11.7. The summed E-state index contributed by atoms with van der Waals surface area (Å²) in [5.74, 6) is -1.65. The third kappa shape index (κ3) is 4.43. The summed E-state index contributed by atoms with van der Waals surface area (Å²) in [5, 5.41) is 6.69. The van der Waals surface area contributed by atoms with Gasteiger partial charge in [-0.2, -0.15) is 5.10 Å². The predicted molar refractivity (Wildman–Crippen MR) is 87.0 cm³/mol. The molecule has 2 rings (SSSR count). The number of hydrogen-bond acceptors (Lipinski definition) is 3. The molecule has 5 nitrogen and oxygen atoms in total. The molecular formula is C16H14ClN3O2. The van der Waals surface area contributed by atoms with E-state index >= 15 is 0 Å². The molecule has 0 spiro atoms. The van der Waals surface area contributed by atoms with Gasteiger partial charge in [-0.1, -0.05) is 47.5 Å². The van der Waals surface area contributed by atoms with E-state index < -0.39 is 11.8 Å². The molecule has 2 aromatic carbocycles. The highest BCUT2D eigenvalue weighted by atomic mass is 35.5. The summed E-state index contributed by atoms with van der Waals surface area (Å²) in [7, 11) is 0. The number of rotatable bonds is 3. The normalized spacial score (nSPS) is 10.5. The molecule has 0 saturated carbocycles. The first kappa shape index (κ1) is 15.7. The average molecular weight is 316 g/mol. The molecule has 0 aromatic heterocycles. The van der Waals surface area contributed by atoms with Crippen LogP contribution >= 0.6 is 11.6 Å². The number of carbonyl (C=O) groups is 2. The van der Waals surface area contributed by atoms with Crippen LogP contribution in [-0.4, -0.2) is 18.0 Å². The van der Waals surface area contributed by atoms with Crippen molar-refractivity contribution < 1.29 is 9.59 Å². The molecule has 0 fully saturated rings. The number of nitrogens with one attached hydrogen (secondary N) is 2.